The molecule has 0 unspecified atom stereocenters. The minimum absolute atomic E-state index is 0.317. The third kappa shape index (κ3) is 3.04. The van der Waals surface area contributed by atoms with Crippen molar-refractivity contribution >= 4 is 35.7 Å². The number of nitrogens with zero attached hydrogens (tertiary/aromatic N) is 2. The van der Waals surface area contributed by atoms with E-state index in [0.717, 1.165) is 15.6 Å². The maximum absolute atomic E-state index is 11.2. The zero-order valence-electron chi connectivity index (χ0n) is 10.1. The average molecular weight is 286 g/mol. The lowest BCUT2D eigenvalue weighted by Gasteiger charge is -2.30. The summed E-state index contributed by atoms with van der Waals surface area (Å²) in [5, 5.41) is 1.95. The molecule has 0 N–H and O–H groups in total. The van der Waals surface area contributed by atoms with Crippen LogP contribution in [0.4, 0.5) is 4.79 Å². The van der Waals surface area contributed by atoms with E-state index in [1.54, 1.807) is 0 Å². The van der Waals surface area contributed by atoms with Crippen LogP contribution >= 0.6 is 24.0 Å². The smallest absolute Gasteiger partial charge is 0.438 e. The fraction of sp³-hybridized carbons (Fsp3) is 0.455. The Labute approximate surface area is 115 Å². The van der Waals surface area contributed by atoms with Crippen molar-refractivity contribution in [3.05, 3.63) is 17.2 Å². The summed E-state index contributed by atoms with van der Waals surface area (Å²) in [6, 6.07) is 0. The van der Waals surface area contributed by atoms with Gasteiger partial charge in [-0.3, -0.25) is 4.90 Å². The summed E-state index contributed by atoms with van der Waals surface area (Å²) < 4.78 is 10.4. The van der Waals surface area contributed by atoms with Crippen LogP contribution in [0.1, 0.15) is 12.1 Å². The molecule has 1 aromatic heterocycles. The first kappa shape index (κ1) is 13.4. The van der Waals surface area contributed by atoms with Gasteiger partial charge >= 0.3 is 6.16 Å². The third-order valence-electron chi connectivity index (χ3n) is 2.73. The number of hydrogen-bond acceptors (Lipinski definition) is 7. The molecule has 18 heavy (non-hydrogen) atoms. The van der Waals surface area contributed by atoms with Gasteiger partial charge in [0.25, 0.3) is 0 Å². The molecule has 0 bridgehead atoms. The van der Waals surface area contributed by atoms with E-state index in [-0.39, 0.29) is 6.23 Å². The minimum Gasteiger partial charge on any atom is -0.438 e. The van der Waals surface area contributed by atoms with Gasteiger partial charge < -0.3 is 9.47 Å². The van der Waals surface area contributed by atoms with Gasteiger partial charge in [0.1, 0.15) is 4.34 Å². The molecule has 0 saturated heterocycles. The van der Waals surface area contributed by atoms with Gasteiger partial charge in [-0.25, -0.2) is 9.78 Å². The normalized spacial score (nSPS) is 20.4. The summed E-state index contributed by atoms with van der Waals surface area (Å²) in [6.45, 7) is 0.705. The third-order valence-corrected chi connectivity index (χ3v) is 3.79. The lowest BCUT2D eigenvalue weighted by molar-refractivity contribution is -0.0270. The molecule has 0 radical (unpaired) electrons. The molecule has 1 aliphatic heterocycles. The Morgan fingerprint density at radius 2 is 2.44 bits per heavy atom. The maximum atomic E-state index is 11.2. The molecule has 0 fully saturated rings. The molecule has 0 saturated carbocycles. The van der Waals surface area contributed by atoms with Gasteiger partial charge in [0, 0.05) is 18.3 Å². The van der Waals surface area contributed by atoms with Crippen molar-refractivity contribution < 1.29 is 14.3 Å². The highest BCUT2D eigenvalue weighted by Gasteiger charge is 2.25. The molecule has 7 heteroatoms. The van der Waals surface area contributed by atoms with Crippen LogP contribution in [0.3, 0.4) is 0 Å². The monoisotopic (exact) mass is 286 g/mol. The van der Waals surface area contributed by atoms with Gasteiger partial charge in [0.05, 0.1) is 12.8 Å². The number of aromatic nitrogens is 1. The standard InChI is InChI=1S/C11H14N2O3S2/c1-13-4-3-7(8-6-18-10(17)12-8)5-9(13)16-11(14)15-2/h3,6,9H,4-5H2,1-2H3,(H,12,17)/t9-/m0/s1. The average Bonchev–Trinajstić information content (AvgIpc) is 2.78. The maximum Gasteiger partial charge on any atom is 0.509 e. The van der Waals surface area contributed by atoms with Crippen molar-refractivity contribution in [2.45, 2.75) is 17.0 Å². The Morgan fingerprint density at radius 3 is 3.06 bits per heavy atom. The summed E-state index contributed by atoms with van der Waals surface area (Å²) >= 11 is 5.68. The quantitative estimate of drug-likeness (QED) is 0.667. The van der Waals surface area contributed by atoms with Crippen molar-refractivity contribution in [2.24, 2.45) is 0 Å². The fourth-order valence-corrected chi connectivity index (χ4v) is 2.55. The van der Waals surface area contributed by atoms with E-state index in [2.05, 4.69) is 28.4 Å². The number of ether oxygens (including phenoxy) is 2. The van der Waals surface area contributed by atoms with Crippen LogP contribution < -0.4 is 0 Å². The summed E-state index contributed by atoms with van der Waals surface area (Å²) in [7, 11) is 3.20. The van der Waals surface area contributed by atoms with Gasteiger partial charge in [-0.15, -0.1) is 24.0 Å². The number of methoxy groups -OCH3 is 1. The first-order chi connectivity index (χ1) is 8.60. The van der Waals surface area contributed by atoms with Crippen LogP contribution in [0.2, 0.25) is 0 Å². The van der Waals surface area contributed by atoms with Crippen LogP contribution in [0.15, 0.2) is 15.8 Å². The first-order valence-corrected chi connectivity index (χ1v) is 6.71. The Hall–Kier alpha value is -1.05. The van der Waals surface area contributed by atoms with E-state index in [1.165, 1.54) is 18.4 Å². The molecule has 98 valence electrons. The molecule has 2 rings (SSSR count). The van der Waals surface area contributed by atoms with Gasteiger partial charge in [-0.1, -0.05) is 6.08 Å². The molecular formula is C11H14N2O3S2. The largest absolute Gasteiger partial charge is 0.509 e. The van der Waals surface area contributed by atoms with Gasteiger partial charge in [0.2, 0.25) is 0 Å². The van der Waals surface area contributed by atoms with Gasteiger partial charge in [-0.2, -0.15) is 0 Å². The topological polar surface area (TPSA) is 51.7 Å². The van der Waals surface area contributed by atoms with E-state index < -0.39 is 6.16 Å². The van der Waals surface area contributed by atoms with Crippen LogP contribution in [0, 0.1) is 0 Å². The first-order valence-electron chi connectivity index (χ1n) is 5.39. The second-order valence-electron chi connectivity index (χ2n) is 3.92. The predicted molar refractivity (Wildman–Crippen MR) is 71.9 cm³/mol. The van der Waals surface area contributed by atoms with Crippen LogP contribution in [-0.2, 0) is 9.47 Å². The predicted octanol–water partition coefficient (Wildman–Crippen LogP) is 2.26. The molecule has 1 aromatic rings. The number of likely N-dealkylation sites (N-methyl/N-ethyl adjacent to an activating group) is 1. The molecule has 0 aromatic carbocycles. The number of rotatable bonds is 2. The highest BCUT2D eigenvalue weighted by atomic mass is 32.2. The Kier molecular flexibility index (Phi) is 4.26. The number of carbonyl (C=O) groups excluding carboxylic acids is 1. The van der Waals surface area contributed by atoms with Crippen molar-refractivity contribution in [3.63, 3.8) is 0 Å². The lowest BCUT2D eigenvalue weighted by Crippen LogP contribution is -2.38. The van der Waals surface area contributed by atoms with E-state index >= 15 is 0 Å². The minimum atomic E-state index is -0.665. The molecular weight excluding hydrogens is 272 g/mol. The van der Waals surface area contributed by atoms with Crippen molar-refractivity contribution in [1.82, 2.24) is 9.88 Å². The van der Waals surface area contributed by atoms with E-state index in [4.69, 9.17) is 4.74 Å². The van der Waals surface area contributed by atoms with Crippen LogP contribution in [-0.4, -0.2) is 43.0 Å². The van der Waals surface area contributed by atoms with Crippen LogP contribution in [0.25, 0.3) is 5.57 Å². The zero-order valence-corrected chi connectivity index (χ0v) is 11.8. The number of hydrogen-bond donors (Lipinski definition) is 1. The highest BCUT2D eigenvalue weighted by Crippen LogP contribution is 2.28. The highest BCUT2D eigenvalue weighted by molar-refractivity contribution is 7.82. The van der Waals surface area contributed by atoms with Gasteiger partial charge in [0.15, 0.2) is 6.23 Å². The molecule has 1 aliphatic rings. The Balaban J connectivity index is 2.09. The Bertz CT molecular complexity index is 473. The summed E-state index contributed by atoms with van der Waals surface area (Å²) in [4.78, 5) is 17.4. The van der Waals surface area contributed by atoms with E-state index in [9.17, 15) is 4.79 Å². The summed E-state index contributed by atoms with van der Waals surface area (Å²) in [5.41, 5.74) is 1.97. The van der Waals surface area contributed by atoms with E-state index in [1.807, 2.05) is 17.3 Å². The number of thiazole rings is 1. The summed E-state index contributed by atoms with van der Waals surface area (Å²) in [6.07, 6.45) is 1.70. The van der Waals surface area contributed by atoms with Crippen molar-refractivity contribution in [3.8, 4) is 0 Å². The number of carbonyl (C=O) groups is 1. The molecule has 0 aliphatic carbocycles. The summed E-state index contributed by atoms with van der Waals surface area (Å²) in [5.74, 6) is 0. The molecule has 0 spiro atoms. The molecule has 2 heterocycles. The van der Waals surface area contributed by atoms with Crippen molar-refractivity contribution in [2.75, 3.05) is 20.7 Å². The molecule has 1 atom stereocenters. The SMILES string of the molecule is COC(=O)O[C@H]1CC(c2csc(S)n2)=CCN1C. The Morgan fingerprint density at radius 1 is 1.67 bits per heavy atom. The molecule has 5 nitrogen and oxygen atoms in total. The zero-order chi connectivity index (χ0) is 13.1. The lowest BCUT2D eigenvalue weighted by atomic mass is 10.0. The second kappa shape index (κ2) is 5.73. The van der Waals surface area contributed by atoms with Crippen LogP contribution in [0.5, 0.6) is 0 Å². The van der Waals surface area contributed by atoms with Gasteiger partial charge in [-0.05, 0) is 12.6 Å². The molecule has 0 amide bonds. The van der Waals surface area contributed by atoms with E-state index in [0.29, 0.717) is 13.0 Å². The van der Waals surface area contributed by atoms with Crippen molar-refractivity contribution in [1.29, 1.82) is 0 Å². The number of thiol groups is 1. The fourth-order valence-electron chi connectivity index (χ4n) is 1.71. The second-order valence-corrected chi connectivity index (χ2v) is 5.50.